The van der Waals surface area contributed by atoms with Crippen LogP contribution in [-0.2, 0) is 27.2 Å². The molecule has 0 spiro atoms. The number of benzene rings is 1. The number of carboxylic acid groups (broad SMARTS) is 1. The van der Waals surface area contributed by atoms with Gasteiger partial charge in [0.2, 0.25) is 5.91 Å². The van der Waals surface area contributed by atoms with Gasteiger partial charge in [0.25, 0.3) is 5.91 Å². The summed E-state index contributed by atoms with van der Waals surface area (Å²) in [7, 11) is 0. The molecule has 1 aromatic heterocycles. The lowest BCUT2D eigenvalue weighted by Gasteiger charge is -2.19. The van der Waals surface area contributed by atoms with Gasteiger partial charge in [0, 0.05) is 16.5 Å². The van der Waals surface area contributed by atoms with E-state index in [-0.39, 0.29) is 12.2 Å². The zero-order valence-corrected chi connectivity index (χ0v) is 16.9. The number of aryl methyl sites for hydroxylation is 2. The summed E-state index contributed by atoms with van der Waals surface area (Å²) >= 11 is 0. The molecule has 2 amide bonds. The van der Waals surface area contributed by atoms with Gasteiger partial charge in [0.05, 0.1) is 6.54 Å². The van der Waals surface area contributed by atoms with Gasteiger partial charge in [-0.05, 0) is 57.2 Å². The van der Waals surface area contributed by atoms with Crippen molar-refractivity contribution < 1.29 is 28.6 Å². The molecular formula is C21H24N2O7. The third-order valence-electron chi connectivity index (χ3n) is 5.12. The summed E-state index contributed by atoms with van der Waals surface area (Å²) in [4.78, 5) is 46.5. The van der Waals surface area contributed by atoms with E-state index in [9.17, 15) is 19.2 Å². The zero-order valence-electron chi connectivity index (χ0n) is 16.9. The summed E-state index contributed by atoms with van der Waals surface area (Å²) in [6, 6.07) is 3.59. The third-order valence-corrected chi connectivity index (χ3v) is 5.12. The SMILES string of the molecule is Cc1c(O[C@H](C)C(=O)NCC(=O)NCC(=O)O)ccc2c3c(c(=O)oc12)CCCC3. The van der Waals surface area contributed by atoms with Gasteiger partial charge < -0.3 is 24.9 Å². The minimum absolute atomic E-state index is 0.324. The van der Waals surface area contributed by atoms with E-state index in [0.29, 0.717) is 16.9 Å². The van der Waals surface area contributed by atoms with Crippen LogP contribution < -0.4 is 21.0 Å². The number of carbonyl (C=O) groups is 3. The van der Waals surface area contributed by atoms with Crippen molar-refractivity contribution in [3.63, 3.8) is 0 Å². The molecule has 160 valence electrons. The van der Waals surface area contributed by atoms with Gasteiger partial charge in [-0.25, -0.2) is 4.79 Å². The van der Waals surface area contributed by atoms with Crippen LogP contribution in [0.3, 0.4) is 0 Å². The number of ether oxygens (including phenoxy) is 1. The molecule has 1 atom stereocenters. The molecule has 2 aromatic rings. The van der Waals surface area contributed by atoms with Gasteiger partial charge in [0.1, 0.15) is 17.9 Å². The minimum Gasteiger partial charge on any atom is -0.480 e. The number of aliphatic carboxylic acids is 1. The van der Waals surface area contributed by atoms with Crippen molar-refractivity contribution in [1.29, 1.82) is 0 Å². The fourth-order valence-corrected chi connectivity index (χ4v) is 3.54. The number of rotatable bonds is 7. The number of amides is 2. The molecule has 0 saturated carbocycles. The topological polar surface area (TPSA) is 135 Å². The highest BCUT2D eigenvalue weighted by Gasteiger charge is 2.22. The van der Waals surface area contributed by atoms with Gasteiger partial charge in [-0.3, -0.25) is 14.4 Å². The Balaban J connectivity index is 1.72. The number of fused-ring (bicyclic) bond motifs is 3. The van der Waals surface area contributed by atoms with Crippen molar-refractivity contribution in [1.82, 2.24) is 10.6 Å². The Hall–Kier alpha value is -3.36. The standard InChI is InChI=1S/C21H24N2O7/c1-11-16(29-12(2)20(27)23-9-17(24)22-10-18(25)26)8-7-14-13-5-3-4-6-15(13)21(28)30-19(11)14/h7-8,12H,3-6,9-10H2,1-2H3,(H,22,24)(H,23,27)(H,25,26)/t12-/m1/s1. The summed E-state index contributed by atoms with van der Waals surface area (Å²) in [6.07, 6.45) is 2.64. The first-order valence-corrected chi connectivity index (χ1v) is 9.79. The number of hydrogen-bond acceptors (Lipinski definition) is 6. The van der Waals surface area contributed by atoms with E-state index in [1.165, 1.54) is 6.92 Å². The highest BCUT2D eigenvalue weighted by atomic mass is 16.5. The monoisotopic (exact) mass is 416 g/mol. The normalized spacial score (nSPS) is 13.9. The zero-order chi connectivity index (χ0) is 21.8. The van der Waals surface area contributed by atoms with E-state index in [4.69, 9.17) is 14.3 Å². The second-order valence-corrected chi connectivity index (χ2v) is 7.27. The molecule has 0 radical (unpaired) electrons. The second kappa shape index (κ2) is 8.98. The molecule has 0 unspecified atom stereocenters. The Labute approximate surface area is 172 Å². The van der Waals surface area contributed by atoms with Crippen LogP contribution in [0.25, 0.3) is 11.0 Å². The molecule has 1 aromatic carbocycles. The first kappa shape index (κ1) is 21.4. The number of carbonyl (C=O) groups excluding carboxylic acids is 2. The molecule has 0 fully saturated rings. The molecule has 1 heterocycles. The van der Waals surface area contributed by atoms with E-state index in [0.717, 1.165) is 42.2 Å². The van der Waals surface area contributed by atoms with Crippen LogP contribution in [0, 0.1) is 6.92 Å². The average Bonchev–Trinajstić information content (AvgIpc) is 2.73. The molecule has 9 nitrogen and oxygen atoms in total. The predicted octanol–water partition coefficient (Wildman–Crippen LogP) is 1.06. The van der Waals surface area contributed by atoms with Gasteiger partial charge >= 0.3 is 11.6 Å². The van der Waals surface area contributed by atoms with Crippen LogP contribution in [0.1, 0.15) is 36.5 Å². The summed E-state index contributed by atoms with van der Waals surface area (Å²) in [6.45, 7) is 2.40. The Morgan fingerprint density at radius 1 is 1.13 bits per heavy atom. The lowest BCUT2D eigenvalue weighted by atomic mass is 9.90. The Morgan fingerprint density at radius 3 is 2.53 bits per heavy atom. The molecular weight excluding hydrogens is 392 g/mol. The number of nitrogens with one attached hydrogen (secondary N) is 2. The number of hydrogen-bond donors (Lipinski definition) is 3. The van der Waals surface area contributed by atoms with Gasteiger partial charge in [0.15, 0.2) is 6.10 Å². The van der Waals surface area contributed by atoms with E-state index in [1.54, 1.807) is 13.0 Å². The molecule has 1 aliphatic rings. The largest absolute Gasteiger partial charge is 0.480 e. The Kier molecular flexibility index (Phi) is 6.39. The minimum atomic E-state index is -1.17. The van der Waals surface area contributed by atoms with Crippen molar-refractivity contribution in [2.24, 2.45) is 0 Å². The lowest BCUT2D eigenvalue weighted by molar-refractivity contribution is -0.137. The number of carboxylic acids is 1. The fraction of sp³-hybridized carbons (Fsp3) is 0.429. The van der Waals surface area contributed by atoms with Gasteiger partial charge in [-0.15, -0.1) is 0 Å². The van der Waals surface area contributed by atoms with Crippen molar-refractivity contribution in [3.8, 4) is 5.75 Å². The summed E-state index contributed by atoms with van der Waals surface area (Å²) in [5, 5.41) is 14.0. The Bertz CT molecular complexity index is 1060. The predicted molar refractivity (Wildman–Crippen MR) is 108 cm³/mol. The van der Waals surface area contributed by atoms with Gasteiger partial charge in [-0.2, -0.15) is 0 Å². The molecule has 0 saturated heterocycles. The lowest BCUT2D eigenvalue weighted by Crippen LogP contribution is -2.43. The van der Waals surface area contributed by atoms with E-state index < -0.39 is 30.4 Å². The van der Waals surface area contributed by atoms with Crippen LogP contribution in [0.5, 0.6) is 5.75 Å². The van der Waals surface area contributed by atoms with Crippen LogP contribution in [0.2, 0.25) is 0 Å². The maximum absolute atomic E-state index is 12.4. The van der Waals surface area contributed by atoms with Crippen LogP contribution >= 0.6 is 0 Å². The van der Waals surface area contributed by atoms with Crippen LogP contribution in [0.15, 0.2) is 21.3 Å². The van der Waals surface area contributed by atoms with Crippen molar-refractivity contribution in [3.05, 3.63) is 39.2 Å². The molecule has 30 heavy (non-hydrogen) atoms. The molecule has 9 heteroatoms. The van der Waals surface area contributed by atoms with E-state index in [2.05, 4.69) is 10.6 Å². The van der Waals surface area contributed by atoms with Crippen molar-refractivity contribution in [2.45, 2.75) is 45.6 Å². The molecule has 1 aliphatic carbocycles. The highest BCUT2D eigenvalue weighted by Crippen LogP contribution is 2.32. The van der Waals surface area contributed by atoms with E-state index >= 15 is 0 Å². The van der Waals surface area contributed by atoms with Crippen LogP contribution in [-0.4, -0.2) is 42.1 Å². The quantitative estimate of drug-likeness (QED) is 0.575. The summed E-state index contributed by atoms with van der Waals surface area (Å²) in [5.74, 6) is -1.93. The summed E-state index contributed by atoms with van der Waals surface area (Å²) < 4.78 is 11.3. The molecule has 3 rings (SSSR count). The highest BCUT2D eigenvalue weighted by molar-refractivity contribution is 5.89. The smallest absolute Gasteiger partial charge is 0.339 e. The maximum atomic E-state index is 12.4. The molecule has 3 N–H and O–H groups in total. The molecule has 0 aliphatic heterocycles. The third kappa shape index (κ3) is 4.61. The summed E-state index contributed by atoms with van der Waals surface area (Å²) in [5.41, 5.74) is 2.53. The average molecular weight is 416 g/mol. The fourth-order valence-electron chi connectivity index (χ4n) is 3.54. The van der Waals surface area contributed by atoms with Gasteiger partial charge in [-0.1, -0.05) is 0 Å². The Morgan fingerprint density at radius 2 is 1.83 bits per heavy atom. The van der Waals surface area contributed by atoms with Crippen molar-refractivity contribution >= 4 is 28.8 Å². The molecule has 0 bridgehead atoms. The first-order valence-electron chi connectivity index (χ1n) is 9.79. The second-order valence-electron chi connectivity index (χ2n) is 7.27. The van der Waals surface area contributed by atoms with Crippen molar-refractivity contribution in [2.75, 3.05) is 13.1 Å². The van der Waals surface area contributed by atoms with E-state index in [1.807, 2.05) is 6.07 Å². The first-order chi connectivity index (χ1) is 14.3. The van der Waals surface area contributed by atoms with Crippen LogP contribution in [0.4, 0.5) is 0 Å². The maximum Gasteiger partial charge on any atom is 0.339 e.